The molecule has 0 aliphatic carbocycles. The SMILES string of the molecule is Cc1cccc(C(=O)N2CCCc3cc(N)ccc32)n1. The third-order valence-corrected chi connectivity index (χ3v) is 3.57. The van der Waals surface area contributed by atoms with Crippen LogP contribution in [0.4, 0.5) is 11.4 Å². The van der Waals surface area contributed by atoms with Gasteiger partial charge in [0.2, 0.25) is 0 Å². The highest BCUT2D eigenvalue weighted by Crippen LogP contribution is 2.29. The Morgan fingerprint density at radius 3 is 2.95 bits per heavy atom. The maximum absolute atomic E-state index is 12.6. The van der Waals surface area contributed by atoms with Crippen molar-refractivity contribution in [3.8, 4) is 0 Å². The largest absolute Gasteiger partial charge is 0.399 e. The number of amides is 1. The number of rotatable bonds is 1. The van der Waals surface area contributed by atoms with Crippen molar-refractivity contribution in [1.82, 2.24) is 4.98 Å². The van der Waals surface area contributed by atoms with Gasteiger partial charge in [0, 0.05) is 23.6 Å². The van der Waals surface area contributed by atoms with Gasteiger partial charge in [0.25, 0.3) is 5.91 Å². The van der Waals surface area contributed by atoms with Gasteiger partial charge in [-0.25, -0.2) is 4.98 Å². The highest BCUT2D eigenvalue weighted by molar-refractivity contribution is 6.05. The number of nitrogens with two attached hydrogens (primary N) is 1. The molecule has 102 valence electrons. The third-order valence-electron chi connectivity index (χ3n) is 3.57. The highest BCUT2D eigenvalue weighted by atomic mass is 16.2. The first-order valence-electron chi connectivity index (χ1n) is 6.79. The van der Waals surface area contributed by atoms with Crippen LogP contribution in [0.2, 0.25) is 0 Å². The summed E-state index contributed by atoms with van der Waals surface area (Å²) in [5.41, 5.74) is 10.0. The van der Waals surface area contributed by atoms with Crippen LogP contribution in [0, 0.1) is 6.92 Å². The summed E-state index contributed by atoms with van der Waals surface area (Å²) in [4.78, 5) is 18.8. The van der Waals surface area contributed by atoms with Gasteiger partial charge in [-0.2, -0.15) is 0 Å². The molecule has 1 aliphatic rings. The number of pyridine rings is 1. The summed E-state index contributed by atoms with van der Waals surface area (Å²) in [6, 6.07) is 11.2. The van der Waals surface area contributed by atoms with E-state index in [9.17, 15) is 4.79 Å². The lowest BCUT2D eigenvalue weighted by molar-refractivity contribution is 0.0980. The van der Waals surface area contributed by atoms with Crippen molar-refractivity contribution >= 4 is 17.3 Å². The first-order valence-corrected chi connectivity index (χ1v) is 6.79. The molecular formula is C16H17N3O. The molecule has 0 bridgehead atoms. The maximum atomic E-state index is 12.6. The molecule has 0 saturated heterocycles. The van der Waals surface area contributed by atoms with Crippen molar-refractivity contribution in [2.75, 3.05) is 17.2 Å². The Balaban J connectivity index is 1.98. The zero-order valence-electron chi connectivity index (χ0n) is 11.5. The maximum Gasteiger partial charge on any atom is 0.276 e. The number of hydrogen-bond donors (Lipinski definition) is 1. The molecular weight excluding hydrogens is 250 g/mol. The topological polar surface area (TPSA) is 59.2 Å². The van der Waals surface area contributed by atoms with Crippen molar-refractivity contribution in [2.24, 2.45) is 0 Å². The second-order valence-electron chi connectivity index (χ2n) is 5.11. The third kappa shape index (κ3) is 2.25. The summed E-state index contributed by atoms with van der Waals surface area (Å²) in [6.45, 7) is 2.62. The number of aryl methyl sites for hydroxylation is 2. The van der Waals surface area contributed by atoms with Crippen LogP contribution in [0.25, 0.3) is 0 Å². The number of nitrogens with zero attached hydrogens (tertiary/aromatic N) is 2. The predicted octanol–water partition coefficient (Wildman–Crippen LogP) is 2.57. The number of benzene rings is 1. The predicted molar refractivity (Wildman–Crippen MR) is 79.8 cm³/mol. The quantitative estimate of drug-likeness (QED) is 0.808. The van der Waals surface area contributed by atoms with Crippen LogP contribution < -0.4 is 10.6 Å². The molecule has 0 radical (unpaired) electrons. The number of carbonyl (C=O) groups excluding carboxylic acids is 1. The summed E-state index contributed by atoms with van der Waals surface area (Å²) in [6.07, 6.45) is 1.92. The lowest BCUT2D eigenvalue weighted by atomic mass is 10.0. The van der Waals surface area contributed by atoms with Crippen molar-refractivity contribution in [1.29, 1.82) is 0 Å². The number of hydrogen-bond acceptors (Lipinski definition) is 3. The van der Waals surface area contributed by atoms with Crippen LogP contribution in [0.15, 0.2) is 36.4 Å². The number of carbonyl (C=O) groups is 1. The standard InChI is InChI=1S/C16H17N3O/c1-11-4-2-6-14(18-11)16(20)19-9-3-5-12-10-13(17)7-8-15(12)19/h2,4,6-8,10H,3,5,9,17H2,1H3. The number of aromatic nitrogens is 1. The molecule has 2 N–H and O–H groups in total. The zero-order valence-corrected chi connectivity index (χ0v) is 11.5. The van der Waals surface area contributed by atoms with Crippen molar-refractivity contribution in [3.63, 3.8) is 0 Å². The van der Waals surface area contributed by atoms with E-state index in [1.807, 2.05) is 37.3 Å². The summed E-state index contributed by atoms with van der Waals surface area (Å²) < 4.78 is 0. The minimum atomic E-state index is -0.0422. The highest BCUT2D eigenvalue weighted by Gasteiger charge is 2.24. The normalized spacial score (nSPS) is 13.9. The van der Waals surface area contributed by atoms with E-state index < -0.39 is 0 Å². The molecule has 1 amide bonds. The van der Waals surface area contributed by atoms with Gasteiger partial charge < -0.3 is 10.6 Å². The Bertz CT molecular complexity index is 667. The van der Waals surface area contributed by atoms with E-state index >= 15 is 0 Å². The van der Waals surface area contributed by atoms with E-state index in [-0.39, 0.29) is 5.91 Å². The molecule has 4 nitrogen and oxygen atoms in total. The van der Waals surface area contributed by atoms with E-state index in [1.165, 1.54) is 0 Å². The van der Waals surface area contributed by atoms with E-state index in [4.69, 9.17) is 5.73 Å². The van der Waals surface area contributed by atoms with Crippen LogP contribution in [-0.4, -0.2) is 17.4 Å². The molecule has 1 aliphatic heterocycles. The Hall–Kier alpha value is -2.36. The van der Waals surface area contributed by atoms with Crippen molar-refractivity contribution in [2.45, 2.75) is 19.8 Å². The Labute approximate surface area is 118 Å². The average molecular weight is 267 g/mol. The van der Waals surface area contributed by atoms with Gasteiger partial charge in [0.05, 0.1) is 0 Å². The first-order chi connectivity index (χ1) is 9.65. The molecule has 2 heterocycles. The summed E-state index contributed by atoms with van der Waals surface area (Å²) in [5.74, 6) is -0.0422. The van der Waals surface area contributed by atoms with Gasteiger partial charge in [-0.15, -0.1) is 0 Å². The molecule has 0 atom stereocenters. The van der Waals surface area contributed by atoms with Gasteiger partial charge in [-0.1, -0.05) is 6.07 Å². The van der Waals surface area contributed by atoms with Crippen molar-refractivity contribution < 1.29 is 4.79 Å². The molecule has 0 fully saturated rings. The molecule has 20 heavy (non-hydrogen) atoms. The fraction of sp³-hybridized carbons (Fsp3) is 0.250. The van der Waals surface area contributed by atoms with E-state index in [1.54, 1.807) is 11.0 Å². The molecule has 4 heteroatoms. The molecule has 0 unspecified atom stereocenters. The van der Waals surface area contributed by atoms with E-state index in [0.29, 0.717) is 5.69 Å². The Kier molecular flexibility index (Phi) is 3.14. The van der Waals surface area contributed by atoms with Gasteiger partial charge in [0.15, 0.2) is 0 Å². The fourth-order valence-corrected chi connectivity index (χ4v) is 2.63. The summed E-state index contributed by atoms with van der Waals surface area (Å²) in [7, 11) is 0. The minimum absolute atomic E-state index is 0.0422. The second-order valence-corrected chi connectivity index (χ2v) is 5.11. The molecule has 0 saturated carbocycles. The lowest BCUT2D eigenvalue weighted by Gasteiger charge is -2.29. The van der Waals surface area contributed by atoms with Gasteiger partial charge in [-0.3, -0.25) is 4.79 Å². The van der Waals surface area contributed by atoms with Gasteiger partial charge >= 0.3 is 0 Å². The molecule has 2 aromatic rings. The van der Waals surface area contributed by atoms with Gasteiger partial charge in [0.1, 0.15) is 5.69 Å². The van der Waals surface area contributed by atoms with Crippen LogP contribution in [0.3, 0.4) is 0 Å². The zero-order chi connectivity index (χ0) is 14.1. The van der Waals surface area contributed by atoms with Crippen molar-refractivity contribution in [3.05, 3.63) is 53.3 Å². The summed E-state index contributed by atoms with van der Waals surface area (Å²) >= 11 is 0. The molecule has 0 spiro atoms. The van der Waals surface area contributed by atoms with E-state index in [2.05, 4.69) is 4.98 Å². The molecule has 1 aromatic heterocycles. The number of fused-ring (bicyclic) bond motifs is 1. The molecule has 1 aromatic carbocycles. The van der Waals surface area contributed by atoms with Crippen LogP contribution >= 0.6 is 0 Å². The monoisotopic (exact) mass is 267 g/mol. The number of anilines is 2. The smallest absolute Gasteiger partial charge is 0.276 e. The Morgan fingerprint density at radius 2 is 2.15 bits per heavy atom. The van der Waals surface area contributed by atoms with Crippen LogP contribution in [-0.2, 0) is 6.42 Å². The minimum Gasteiger partial charge on any atom is -0.399 e. The Morgan fingerprint density at radius 1 is 1.30 bits per heavy atom. The number of nitrogen functional groups attached to an aromatic ring is 1. The fourth-order valence-electron chi connectivity index (χ4n) is 2.63. The average Bonchev–Trinajstić information content (AvgIpc) is 2.45. The van der Waals surface area contributed by atoms with Gasteiger partial charge in [-0.05, 0) is 55.7 Å². The van der Waals surface area contributed by atoms with Crippen LogP contribution in [0.5, 0.6) is 0 Å². The van der Waals surface area contributed by atoms with Crippen LogP contribution in [0.1, 0.15) is 28.2 Å². The summed E-state index contributed by atoms with van der Waals surface area (Å²) in [5, 5.41) is 0. The second kappa shape index (κ2) is 4.96. The first kappa shape index (κ1) is 12.7. The molecule has 3 rings (SSSR count). The lowest BCUT2D eigenvalue weighted by Crippen LogP contribution is -2.36. The van der Waals surface area contributed by atoms with E-state index in [0.717, 1.165) is 42.0 Å².